The van der Waals surface area contributed by atoms with E-state index in [1.807, 2.05) is 26.3 Å². The summed E-state index contributed by atoms with van der Waals surface area (Å²) in [5, 5.41) is 15.3. The van der Waals surface area contributed by atoms with E-state index in [0.29, 0.717) is 35.1 Å². The Labute approximate surface area is 203 Å². The molecule has 2 amide bonds. The smallest absolute Gasteiger partial charge is 0.257 e. The molecule has 2 aromatic heterocycles. The molecule has 9 heteroatoms. The van der Waals surface area contributed by atoms with Crippen LogP contribution in [0.2, 0.25) is 0 Å². The van der Waals surface area contributed by atoms with Gasteiger partial charge in [-0.05, 0) is 55.9 Å². The van der Waals surface area contributed by atoms with Crippen LogP contribution in [0.5, 0.6) is 0 Å². The lowest BCUT2D eigenvalue weighted by molar-refractivity contribution is -0.113. The molecule has 0 radical (unpaired) electrons. The van der Waals surface area contributed by atoms with E-state index >= 15 is 0 Å². The van der Waals surface area contributed by atoms with Crippen molar-refractivity contribution in [3.63, 3.8) is 0 Å². The van der Waals surface area contributed by atoms with Gasteiger partial charge in [-0.3, -0.25) is 14.3 Å². The molecule has 1 saturated carbocycles. The van der Waals surface area contributed by atoms with E-state index in [-0.39, 0.29) is 17.9 Å². The number of aromatic nitrogens is 4. The highest BCUT2D eigenvalue weighted by Gasteiger charge is 2.33. The number of hydrogen-bond donors (Lipinski definition) is 2. The van der Waals surface area contributed by atoms with Crippen LogP contribution in [-0.2, 0) is 24.7 Å². The lowest BCUT2D eigenvalue weighted by Gasteiger charge is -2.23. The summed E-state index contributed by atoms with van der Waals surface area (Å²) in [7, 11) is 1.86. The second-order valence-electron chi connectivity index (χ2n) is 9.26. The van der Waals surface area contributed by atoms with Gasteiger partial charge in [0.2, 0.25) is 5.91 Å². The fourth-order valence-corrected chi connectivity index (χ4v) is 4.88. The predicted molar refractivity (Wildman–Crippen MR) is 134 cm³/mol. The average molecular weight is 479 g/mol. The van der Waals surface area contributed by atoms with Crippen molar-refractivity contribution in [2.75, 3.05) is 17.3 Å². The number of nitrogens with one attached hydrogen (secondary N) is 2. The number of hydrogen-bond acceptors (Lipinski definition) is 5. The zero-order valence-electron chi connectivity index (χ0n) is 19.8. The first kappa shape index (κ1) is 22.7. The Hall–Kier alpha value is -3.07. The number of thioether (sulfide) groups is 1. The van der Waals surface area contributed by atoms with Crippen LogP contribution < -0.4 is 10.6 Å². The maximum Gasteiger partial charge on any atom is 0.257 e. The summed E-state index contributed by atoms with van der Waals surface area (Å²) in [6, 6.07) is 10.7. The summed E-state index contributed by atoms with van der Waals surface area (Å²) in [6.07, 6.45) is 6.80. The molecule has 1 fully saturated rings. The summed E-state index contributed by atoms with van der Waals surface area (Å²) >= 11 is 1.43. The van der Waals surface area contributed by atoms with E-state index in [1.165, 1.54) is 35.7 Å². The number of rotatable bonds is 8. The minimum absolute atomic E-state index is 0.00634. The number of carbonyl (C=O) groups is 2. The van der Waals surface area contributed by atoms with E-state index in [2.05, 4.69) is 40.0 Å². The molecule has 178 valence electrons. The SMILES string of the molecule is CSCC(=O)Nc1c2c(nn1-c1cc(C)n(C)n1)CC(CCc1cccc(C3CC3)c1)NC2=O. The van der Waals surface area contributed by atoms with Crippen molar-refractivity contribution in [1.82, 2.24) is 24.9 Å². The van der Waals surface area contributed by atoms with Gasteiger partial charge in [0, 0.05) is 31.3 Å². The summed E-state index contributed by atoms with van der Waals surface area (Å²) in [6.45, 7) is 1.95. The lowest BCUT2D eigenvalue weighted by Crippen LogP contribution is -2.41. The number of anilines is 1. The van der Waals surface area contributed by atoms with Gasteiger partial charge in [-0.1, -0.05) is 24.3 Å². The largest absolute Gasteiger partial charge is 0.349 e. The van der Waals surface area contributed by atoms with Crippen molar-refractivity contribution >= 4 is 29.4 Å². The van der Waals surface area contributed by atoms with Gasteiger partial charge >= 0.3 is 0 Å². The first-order chi connectivity index (χ1) is 16.4. The molecule has 1 unspecified atom stereocenters. The first-order valence-electron chi connectivity index (χ1n) is 11.7. The van der Waals surface area contributed by atoms with E-state index in [1.54, 1.807) is 9.36 Å². The monoisotopic (exact) mass is 478 g/mol. The summed E-state index contributed by atoms with van der Waals surface area (Å²) in [5.74, 6) is 1.63. The van der Waals surface area contributed by atoms with Crippen molar-refractivity contribution in [3.05, 3.63) is 58.4 Å². The molecular weight excluding hydrogens is 448 g/mol. The average Bonchev–Trinajstić information content (AvgIpc) is 3.52. The quantitative estimate of drug-likeness (QED) is 0.518. The predicted octanol–water partition coefficient (Wildman–Crippen LogP) is 3.38. The Balaban J connectivity index is 1.39. The third-order valence-corrected chi connectivity index (χ3v) is 7.14. The number of benzene rings is 1. The van der Waals surface area contributed by atoms with Crippen LogP contribution in [0.25, 0.3) is 5.82 Å². The van der Waals surface area contributed by atoms with Crippen LogP contribution in [0.1, 0.15) is 58.1 Å². The molecule has 1 aliphatic carbocycles. The number of fused-ring (bicyclic) bond motifs is 1. The van der Waals surface area contributed by atoms with Gasteiger partial charge in [0.25, 0.3) is 5.91 Å². The Morgan fingerprint density at radius 1 is 1.26 bits per heavy atom. The van der Waals surface area contributed by atoms with E-state index in [4.69, 9.17) is 5.10 Å². The molecule has 1 aromatic carbocycles. The summed E-state index contributed by atoms with van der Waals surface area (Å²) < 4.78 is 3.35. The van der Waals surface area contributed by atoms with Crippen molar-refractivity contribution in [1.29, 1.82) is 0 Å². The lowest BCUT2D eigenvalue weighted by atomic mass is 9.95. The normalized spacial score (nSPS) is 17.4. The molecule has 2 aliphatic rings. The van der Waals surface area contributed by atoms with Gasteiger partial charge in [0.05, 0.1) is 11.4 Å². The van der Waals surface area contributed by atoms with Gasteiger partial charge in [0.15, 0.2) is 11.6 Å². The Kier molecular flexibility index (Phi) is 6.20. The van der Waals surface area contributed by atoms with E-state index in [0.717, 1.165) is 24.5 Å². The summed E-state index contributed by atoms with van der Waals surface area (Å²) in [5.41, 5.74) is 4.83. The minimum Gasteiger partial charge on any atom is -0.349 e. The van der Waals surface area contributed by atoms with E-state index < -0.39 is 0 Å². The molecule has 5 rings (SSSR count). The van der Waals surface area contributed by atoms with Crippen molar-refractivity contribution in [2.45, 2.75) is 51.0 Å². The molecule has 1 atom stereocenters. The molecule has 3 aromatic rings. The maximum absolute atomic E-state index is 13.2. The van der Waals surface area contributed by atoms with Crippen LogP contribution in [-0.4, -0.2) is 49.4 Å². The highest BCUT2D eigenvalue weighted by atomic mass is 32.2. The first-order valence-corrected chi connectivity index (χ1v) is 13.1. The third kappa shape index (κ3) is 4.61. The highest BCUT2D eigenvalue weighted by molar-refractivity contribution is 7.99. The van der Waals surface area contributed by atoms with Gasteiger partial charge in [-0.15, -0.1) is 0 Å². The number of amides is 2. The van der Waals surface area contributed by atoms with Crippen LogP contribution >= 0.6 is 11.8 Å². The molecular formula is C25H30N6O2S. The van der Waals surface area contributed by atoms with Crippen LogP contribution in [0.4, 0.5) is 5.82 Å². The second kappa shape index (κ2) is 9.29. The van der Waals surface area contributed by atoms with Crippen LogP contribution in [0, 0.1) is 6.92 Å². The molecule has 0 bridgehead atoms. The zero-order chi connectivity index (χ0) is 23.8. The molecule has 3 heterocycles. The van der Waals surface area contributed by atoms with Crippen LogP contribution in [0.3, 0.4) is 0 Å². The number of nitrogens with zero attached hydrogens (tertiary/aromatic N) is 4. The highest BCUT2D eigenvalue weighted by Crippen LogP contribution is 2.40. The standard InChI is InChI=1S/C25H30N6O2S/c1-15-11-21(29-30(15)2)31-24(27-22(32)14-34-3)23-20(28-31)13-19(26-25(23)33)10-7-16-5-4-6-18(12-16)17-8-9-17/h4-6,11-12,17,19H,7-10,13-14H2,1-3H3,(H,26,33)(H,27,32). The minimum atomic E-state index is -0.198. The molecule has 0 spiro atoms. The molecule has 8 nitrogen and oxygen atoms in total. The topological polar surface area (TPSA) is 93.8 Å². The van der Waals surface area contributed by atoms with Gasteiger partial charge in [0.1, 0.15) is 5.56 Å². The maximum atomic E-state index is 13.2. The Morgan fingerprint density at radius 3 is 2.79 bits per heavy atom. The molecule has 1 aliphatic heterocycles. The number of carbonyl (C=O) groups excluding carboxylic acids is 2. The van der Waals surface area contributed by atoms with Gasteiger partial charge in [-0.2, -0.15) is 26.6 Å². The van der Waals surface area contributed by atoms with Gasteiger partial charge < -0.3 is 10.6 Å². The van der Waals surface area contributed by atoms with Crippen molar-refractivity contribution in [3.8, 4) is 5.82 Å². The third-order valence-electron chi connectivity index (χ3n) is 6.59. The number of aryl methyl sites for hydroxylation is 3. The van der Waals surface area contributed by atoms with Crippen molar-refractivity contribution < 1.29 is 9.59 Å². The van der Waals surface area contributed by atoms with Crippen molar-refractivity contribution in [2.24, 2.45) is 7.05 Å². The molecule has 0 saturated heterocycles. The fourth-order valence-electron chi connectivity index (χ4n) is 4.55. The van der Waals surface area contributed by atoms with Crippen LogP contribution in [0.15, 0.2) is 30.3 Å². The molecule has 34 heavy (non-hydrogen) atoms. The summed E-state index contributed by atoms with van der Waals surface area (Å²) in [4.78, 5) is 25.6. The Bertz CT molecular complexity index is 1220. The second-order valence-corrected chi connectivity index (χ2v) is 10.1. The zero-order valence-corrected chi connectivity index (χ0v) is 20.6. The van der Waals surface area contributed by atoms with E-state index in [9.17, 15) is 9.59 Å². The Morgan fingerprint density at radius 2 is 2.09 bits per heavy atom. The fraction of sp³-hybridized carbons (Fsp3) is 0.440. The van der Waals surface area contributed by atoms with Gasteiger partial charge in [-0.25, -0.2) is 0 Å². The molecule has 2 N–H and O–H groups in total.